The first-order valence-corrected chi connectivity index (χ1v) is 6.22. The van der Waals surface area contributed by atoms with Gasteiger partial charge >= 0.3 is 0 Å². The Hall–Kier alpha value is -1.28. The molecule has 0 bridgehead atoms. The predicted molar refractivity (Wildman–Crippen MR) is 70.2 cm³/mol. The molecule has 0 unspecified atom stereocenters. The van der Waals surface area contributed by atoms with Gasteiger partial charge in [0.2, 0.25) is 5.91 Å². The molecule has 2 rings (SSSR count). The molecule has 0 saturated heterocycles. The summed E-state index contributed by atoms with van der Waals surface area (Å²) < 4.78 is 0. The van der Waals surface area contributed by atoms with Crippen molar-refractivity contribution < 1.29 is 4.79 Å². The summed E-state index contributed by atoms with van der Waals surface area (Å²) in [6.45, 7) is 4.12. The second-order valence-corrected chi connectivity index (χ2v) is 4.88. The Balaban J connectivity index is 2.25. The number of nitrogens with one attached hydrogen (secondary N) is 1. The van der Waals surface area contributed by atoms with E-state index in [1.807, 2.05) is 24.3 Å². The van der Waals surface area contributed by atoms with Gasteiger partial charge in [0.25, 0.3) is 0 Å². The number of halogens is 1. The maximum absolute atomic E-state index is 12.2. The van der Waals surface area contributed by atoms with E-state index in [2.05, 4.69) is 11.9 Å². The summed E-state index contributed by atoms with van der Waals surface area (Å²) in [5, 5.41) is 3.58. The van der Waals surface area contributed by atoms with Crippen molar-refractivity contribution in [2.75, 3.05) is 6.54 Å². The maximum atomic E-state index is 12.2. The fourth-order valence-corrected chi connectivity index (χ4v) is 2.49. The fourth-order valence-electron chi connectivity index (χ4n) is 2.30. The Morgan fingerprint density at radius 2 is 2.29 bits per heavy atom. The van der Waals surface area contributed by atoms with Gasteiger partial charge in [0.1, 0.15) is 0 Å². The van der Waals surface area contributed by atoms with Crippen LogP contribution >= 0.6 is 11.6 Å². The largest absolute Gasteiger partial charge is 0.352 e. The zero-order valence-electron chi connectivity index (χ0n) is 9.71. The molecule has 1 aliphatic rings. The van der Waals surface area contributed by atoms with Gasteiger partial charge in [0, 0.05) is 11.6 Å². The van der Waals surface area contributed by atoms with Crippen LogP contribution < -0.4 is 5.32 Å². The van der Waals surface area contributed by atoms with E-state index < -0.39 is 0 Å². The van der Waals surface area contributed by atoms with E-state index in [-0.39, 0.29) is 11.3 Å². The molecule has 1 N–H and O–H groups in total. The van der Waals surface area contributed by atoms with Gasteiger partial charge in [-0.05, 0) is 30.5 Å². The van der Waals surface area contributed by atoms with Crippen LogP contribution in [0.4, 0.5) is 0 Å². The minimum Gasteiger partial charge on any atom is -0.352 e. The molecular formula is C14H16ClNO. The summed E-state index contributed by atoms with van der Waals surface area (Å²) in [6.07, 6.45) is 4.59. The van der Waals surface area contributed by atoms with Crippen molar-refractivity contribution in [1.29, 1.82) is 0 Å². The highest BCUT2D eigenvalue weighted by molar-refractivity contribution is 6.30. The van der Waals surface area contributed by atoms with Crippen molar-refractivity contribution in [1.82, 2.24) is 5.32 Å². The number of benzene rings is 1. The molecule has 0 heterocycles. The summed E-state index contributed by atoms with van der Waals surface area (Å²) in [7, 11) is 0. The van der Waals surface area contributed by atoms with E-state index in [4.69, 9.17) is 11.6 Å². The standard InChI is InChI=1S/C14H16ClNO/c1-2-9-16-13(17)14(7-4-8-14)11-5-3-6-12(15)10-11/h2-3,5-6,10H,1,4,7-9H2,(H,16,17). The van der Waals surface area contributed by atoms with Gasteiger partial charge in [-0.25, -0.2) is 0 Å². The lowest BCUT2D eigenvalue weighted by Gasteiger charge is -2.40. The zero-order chi connectivity index (χ0) is 12.3. The van der Waals surface area contributed by atoms with Crippen molar-refractivity contribution in [3.63, 3.8) is 0 Å². The molecule has 1 aromatic carbocycles. The van der Waals surface area contributed by atoms with Crippen LogP contribution in [-0.2, 0) is 10.2 Å². The fraction of sp³-hybridized carbons (Fsp3) is 0.357. The molecule has 1 aromatic rings. The zero-order valence-corrected chi connectivity index (χ0v) is 10.5. The SMILES string of the molecule is C=CCNC(=O)C1(c2cccc(Cl)c2)CCC1. The topological polar surface area (TPSA) is 29.1 Å². The summed E-state index contributed by atoms with van der Waals surface area (Å²) in [5.41, 5.74) is 0.659. The molecule has 17 heavy (non-hydrogen) atoms. The van der Waals surface area contributed by atoms with Crippen molar-refractivity contribution in [2.24, 2.45) is 0 Å². The van der Waals surface area contributed by atoms with Gasteiger partial charge in [-0.3, -0.25) is 4.79 Å². The molecule has 0 aromatic heterocycles. The Morgan fingerprint density at radius 1 is 1.53 bits per heavy atom. The van der Waals surface area contributed by atoms with E-state index in [1.165, 1.54) is 0 Å². The first-order valence-electron chi connectivity index (χ1n) is 5.84. The van der Waals surface area contributed by atoms with E-state index in [1.54, 1.807) is 6.08 Å². The van der Waals surface area contributed by atoms with E-state index in [0.717, 1.165) is 24.8 Å². The molecule has 1 aliphatic carbocycles. The summed E-state index contributed by atoms with van der Waals surface area (Å²) in [6, 6.07) is 7.62. The molecular weight excluding hydrogens is 234 g/mol. The minimum absolute atomic E-state index is 0.0888. The van der Waals surface area contributed by atoms with Crippen molar-refractivity contribution in [2.45, 2.75) is 24.7 Å². The Labute approximate surface area is 107 Å². The third-order valence-electron chi connectivity index (χ3n) is 3.43. The second kappa shape index (κ2) is 4.92. The van der Waals surface area contributed by atoms with E-state index >= 15 is 0 Å². The number of hydrogen-bond acceptors (Lipinski definition) is 1. The number of hydrogen-bond donors (Lipinski definition) is 1. The van der Waals surface area contributed by atoms with Crippen LogP contribution in [0.3, 0.4) is 0 Å². The van der Waals surface area contributed by atoms with Gasteiger partial charge in [-0.15, -0.1) is 6.58 Å². The summed E-state index contributed by atoms with van der Waals surface area (Å²) in [5.74, 6) is 0.0888. The van der Waals surface area contributed by atoms with Crippen LogP contribution in [0.5, 0.6) is 0 Å². The Bertz CT molecular complexity index is 438. The highest BCUT2D eigenvalue weighted by Crippen LogP contribution is 2.44. The van der Waals surface area contributed by atoms with Crippen molar-refractivity contribution in [3.05, 3.63) is 47.5 Å². The van der Waals surface area contributed by atoms with Crippen LogP contribution in [0.1, 0.15) is 24.8 Å². The van der Waals surface area contributed by atoms with Crippen LogP contribution in [0, 0.1) is 0 Å². The van der Waals surface area contributed by atoms with E-state index in [0.29, 0.717) is 11.6 Å². The molecule has 1 amide bonds. The van der Waals surface area contributed by atoms with Gasteiger partial charge in [0.15, 0.2) is 0 Å². The van der Waals surface area contributed by atoms with Crippen LogP contribution in [0.25, 0.3) is 0 Å². The predicted octanol–water partition coefficient (Wildman–Crippen LogP) is 3.06. The lowest BCUT2D eigenvalue weighted by atomic mass is 9.64. The third kappa shape index (κ3) is 2.22. The van der Waals surface area contributed by atoms with E-state index in [9.17, 15) is 4.79 Å². The average Bonchev–Trinajstić information content (AvgIpc) is 2.25. The molecule has 0 atom stereocenters. The second-order valence-electron chi connectivity index (χ2n) is 4.44. The minimum atomic E-state index is -0.367. The lowest BCUT2D eigenvalue weighted by Crippen LogP contribution is -2.49. The molecule has 0 aliphatic heterocycles. The quantitative estimate of drug-likeness (QED) is 0.817. The molecule has 90 valence electrons. The molecule has 0 radical (unpaired) electrons. The lowest BCUT2D eigenvalue weighted by molar-refractivity contribution is -0.129. The van der Waals surface area contributed by atoms with Gasteiger partial charge < -0.3 is 5.32 Å². The monoisotopic (exact) mass is 249 g/mol. The van der Waals surface area contributed by atoms with Gasteiger partial charge in [0.05, 0.1) is 5.41 Å². The Kier molecular flexibility index (Phi) is 3.53. The average molecular weight is 250 g/mol. The number of amides is 1. The maximum Gasteiger partial charge on any atom is 0.230 e. The molecule has 1 saturated carbocycles. The third-order valence-corrected chi connectivity index (χ3v) is 3.66. The molecule has 2 nitrogen and oxygen atoms in total. The number of carbonyl (C=O) groups is 1. The normalized spacial score (nSPS) is 17.0. The summed E-state index contributed by atoms with van der Waals surface area (Å²) in [4.78, 5) is 12.2. The summed E-state index contributed by atoms with van der Waals surface area (Å²) >= 11 is 5.99. The number of rotatable bonds is 4. The van der Waals surface area contributed by atoms with Crippen molar-refractivity contribution >= 4 is 17.5 Å². The van der Waals surface area contributed by atoms with Crippen LogP contribution in [0.2, 0.25) is 5.02 Å². The Morgan fingerprint density at radius 3 is 2.82 bits per heavy atom. The highest BCUT2D eigenvalue weighted by atomic mass is 35.5. The van der Waals surface area contributed by atoms with Gasteiger partial charge in [-0.2, -0.15) is 0 Å². The highest BCUT2D eigenvalue weighted by Gasteiger charge is 2.45. The molecule has 3 heteroatoms. The first kappa shape index (κ1) is 12.2. The number of carbonyl (C=O) groups excluding carboxylic acids is 1. The van der Waals surface area contributed by atoms with Crippen LogP contribution in [-0.4, -0.2) is 12.5 Å². The van der Waals surface area contributed by atoms with Crippen LogP contribution in [0.15, 0.2) is 36.9 Å². The molecule has 0 spiro atoms. The smallest absolute Gasteiger partial charge is 0.230 e. The van der Waals surface area contributed by atoms with Crippen molar-refractivity contribution in [3.8, 4) is 0 Å². The molecule has 1 fully saturated rings. The first-order chi connectivity index (χ1) is 8.19. The van der Waals surface area contributed by atoms with Gasteiger partial charge in [-0.1, -0.05) is 36.2 Å².